The molecule has 1 aliphatic heterocycles. The number of nitrogens with one attached hydrogen (secondary N) is 1. The molecule has 2 unspecified atom stereocenters. The van der Waals surface area contributed by atoms with Gasteiger partial charge in [0.2, 0.25) is 0 Å². The number of piperidine rings is 1. The zero-order valence-electron chi connectivity index (χ0n) is 14.3. The van der Waals surface area contributed by atoms with E-state index in [9.17, 15) is 8.42 Å². The number of hydrogen-bond donors (Lipinski definition) is 1. The molecule has 0 spiro atoms. The Morgan fingerprint density at radius 3 is 2.52 bits per heavy atom. The first-order valence-corrected chi connectivity index (χ1v) is 9.65. The third-order valence-electron chi connectivity index (χ3n) is 4.30. The molecule has 1 aliphatic rings. The highest BCUT2D eigenvalue weighted by Crippen LogP contribution is 2.24. The van der Waals surface area contributed by atoms with Gasteiger partial charge in [0.15, 0.2) is 0 Å². The highest BCUT2D eigenvalue weighted by Gasteiger charge is 2.36. The minimum atomic E-state index is -3.36. The molecular weight excluding hydrogens is 286 g/mol. The van der Waals surface area contributed by atoms with E-state index < -0.39 is 10.2 Å². The average Bonchev–Trinajstić information content (AvgIpc) is 2.43. The SMILES string of the molecule is CCNCC1CCCCN1S(=O)(=O)N(C)C(C)CC(C)C. The summed E-state index contributed by atoms with van der Waals surface area (Å²) >= 11 is 0. The van der Waals surface area contributed by atoms with Crippen molar-refractivity contribution < 1.29 is 8.42 Å². The number of rotatable bonds is 8. The smallest absolute Gasteiger partial charge is 0.282 e. The second kappa shape index (κ2) is 8.46. The van der Waals surface area contributed by atoms with E-state index in [2.05, 4.69) is 26.1 Å². The number of nitrogens with zero attached hydrogens (tertiary/aromatic N) is 2. The van der Waals surface area contributed by atoms with Crippen LogP contribution in [0.4, 0.5) is 0 Å². The lowest BCUT2D eigenvalue weighted by Gasteiger charge is -2.39. The van der Waals surface area contributed by atoms with E-state index in [1.807, 2.05) is 6.92 Å². The van der Waals surface area contributed by atoms with E-state index in [-0.39, 0.29) is 12.1 Å². The Hall–Kier alpha value is -0.170. The van der Waals surface area contributed by atoms with E-state index in [0.29, 0.717) is 12.5 Å². The molecule has 1 heterocycles. The Kier molecular flexibility index (Phi) is 7.60. The molecule has 0 aliphatic carbocycles. The highest BCUT2D eigenvalue weighted by molar-refractivity contribution is 7.86. The first-order chi connectivity index (χ1) is 9.80. The first-order valence-electron chi connectivity index (χ1n) is 8.26. The standard InChI is InChI=1S/C15H33N3O2S/c1-6-16-12-15-9-7-8-10-18(15)21(19,20)17(5)14(4)11-13(2)3/h13-16H,6-12H2,1-5H3. The maximum Gasteiger partial charge on any atom is 0.282 e. The molecule has 0 amide bonds. The van der Waals surface area contributed by atoms with E-state index in [1.165, 1.54) is 0 Å². The Bertz CT molecular complexity index is 398. The van der Waals surface area contributed by atoms with Crippen molar-refractivity contribution in [1.29, 1.82) is 0 Å². The summed E-state index contributed by atoms with van der Waals surface area (Å²) in [5, 5.41) is 3.30. The summed E-state index contributed by atoms with van der Waals surface area (Å²) < 4.78 is 29.1. The van der Waals surface area contributed by atoms with Gasteiger partial charge in [-0.25, -0.2) is 0 Å². The van der Waals surface area contributed by atoms with Crippen LogP contribution in [-0.4, -0.2) is 55.8 Å². The summed E-state index contributed by atoms with van der Waals surface area (Å²) in [7, 11) is -1.64. The molecular formula is C15H33N3O2S. The van der Waals surface area contributed by atoms with Crippen molar-refractivity contribution in [3.05, 3.63) is 0 Å². The van der Waals surface area contributed by atoms with E-state index in [0.717, 1.165) is 38.8 Å². The van der Waals surface area contributed by atoms with Gasteiger partial charge in [0.05, 0.1) is 0 Å². The molecule has 5 nitrogen and oxygen atoms in total. The lowest BCUT2D eigenvalue weighted by Crippen LogP contribution is -2.54. The zero-order valence-corrected chi connectivity index (χ0v) is 15.1. The van der Waals surface area contributed by atoms with Crippen molar-refractivity contribution in [2.75, 3.05) is 26.7 Å². The van der Waals surface area contributed by atoms with Gasteiger partial charge >= 0.3 is 0 Å². The molecule has 126 valence electrons. The average molecular weight is 320 g/mol. The predicted octanol–water partition coefficient (Wildman–Crippen LogP) is 2.06. The molecule has 0 aromatic carbocycles. The lowest BCUT2D eigenvalue weighted by molar-refractivity contribution is 0.220. The highest BCUT2D eigenvalue weighted by atomic mass is 32.2. The second-order valence-corrected chi connectivity index (χ2v) is 8.51. The molecule has 0 radical (unpaired) electrons. The molecule has 6 heteroatoms. The molecule has 0 saturated carbocycles. The Morgan fingerprint density at radius 1 is 1.29 bits per heavy atom. The Balaban J connectivity index is 2.81. The minimum Gasteiger partial charge on any atom is -0.315 e. The molecule has 21 heavy (non-hydrogen) atoms. The van der Waals surface area contributed by atoms with Gasteiger partial charge in [-0.3, -0.25) is 0 Å². The van der Waals surface area contributed by atoms with Crippen LogP contribution in [0.1, 0.15) is 53.4 Å². The van der Waals surface area contributed by atoms with E-state index >= 15 is 0 Å². The maximum atomic E-state index is 12.9. The molecule has 0 bridgehead atoms. The fraction of sp³-hybridized carbons (Fsp3) is 1.00. The van der Waals surface area contributed by atoms with Crippen molar-refractivity contribution >= 4 is 10.2 Å². The lowest BCUT2D eigenvalue weighted by atomic mass is 10.1. The minimum absolute atomic E-state index is 0.0386. The van der Waals surface area contributed by atoms with Gasteiger partial charge in [0.1, 0.15) is 0 Å². The topological polar surface area (TPSA) is 52.7 Å². The van der Waals surface area contributed by atoms with Crippen LogP contribution >= 0.6 is 0 Å². The van der Waals surface area contributed by atoms with Crippen LogP contribution in [0.25, 0.3) is 0 Å². The molecule has 0 aromatic heterocycles. The van der Waals surface area contributed by atoms with Crippen LogP contribution < -0.4 is 5.32 Å². The largest absolute Gasteiger partial charge is 0.315 e. The molecule has 2 atom stereocenters. The normalized spacial score (nSPS) is 22.9. The molecule has 1 fully saturated rings. The van der Waals surface area contributed by atoms with Gasteiger partial charge < -0.3 is 5.32 Å². The summed E-state index contributed by atoms with van der Waals surface area (Å²) in [5.74, 6) is 0.497. The summed E-state index contributed by atoms with van der Waals surface area (Å²) in [6.45, 7) is 10.6. The summed E-state index contributed by atoms with van der Waals surface area (Å²) in [4.78, 5) is 0. The number of likely N-dealkylation sites (N-methyl/N-ethyl adjacent to an activating group) is 1. The third-order valence-corrected chi connectivity index (χ3v) is 6.46. The van der Waals surface area contributed by atoms with Gasteiger partial charge in [-0.15, -0.1) is 0 Å². The first kappa shape index (κ1) is 18.9. The van der Waals surface area contributed by atoms with Crippen molar-refractivity contribution in [3.8, 4) is 0 Å². The Labute approximate surface area is 131 Å². The fourth-order valence-electron chi connectivity index (χ4n) is 3.02. The van der Waals surface area contributed by atoms with Crippen LogP contribution in [0.15, 0.2) is 0 Å². The van der Waals surface area contributed by atoms with Gasteiger partial charge in [0.25, 0.3) is 10.2 Å². The summed E-state index contributed by atoms with van der Waals surface area (Å²) in [5.41, 5.74) is 0. The molecule has 1 saturated heterocycles. The summed E-state index contributed by atoms with van der Waals surface area (Å²) in [6, 6.07) is 0.133. The maximum absolute atomic E-state index is 12.9. The summed E-state index contributed by atoms with van der Waals surface area (Å²) in [6.07, 6.45) is 3.93. The van der Waals surface area contributed by atoms with Crippen molar-refractivity contribution in [1.82, 2.24) is 13.9 Å². The molecule has 1 N–H and O–H groups in total. The van der Waals surface area contributed by atoms with Gasteiger partial charge in [-0.2, -0.15) is 17.0 Å². The number of hydrogen-bond acceptors (Lipinski definition) is 3. The quantitative estimate of drug-likeness (QED) is 0.745. The molecule has 1 rings (SSSR count). The van der Waals surface area contributed by atoms with E-state index in [1.54, 1.807) is 15.7 Å². The van der Waals surface area contributed by atoms with Crippen LogP contribution in [0.2, 0.25) is 0 Å². The van der Waals surface area contributed by atoms with Crippen LogP contribution in [-0.2, 0) is 10.2 Å². The van der Waals surface area contributed by atoms with Crippen molar-refractivity contribution in [2.45, 2.75) is 65.5 Å². The predicted molar refractivity (Wildman–Crippen MR) is 88.5 cm³/mol. The fourth-order valence-corrected chi connectivity index (χ4v) is 4.80. The molecule has 0 aromatic rings. The van der Waals surface area contributed by atoms with Crippen molar-refractivity contribution in [3.63, 3.8) is 0 Å². The van der Waals surface area contributed by atoms with Gasteiger partial charge in [0, 0.05) is 32.2 Å². The van der Waals surface area contributed by atoms with Crippen LogP contribution in [0.3, 0.4) is 0 Å². The second-order valence-electron chi connectivity index (χ2n) is 6.57. The van der Waals surface area contributed by atoms with Crippen LogP contribution in [0.5, 0.6) is 0 Å². The van der Waals surface area contributed by atoms with Gasteiger partial charge in [-0.1, -0.05) is 27.2 Å². The zero-order chi connectivity index (χ0) is 16.0. The van der Waals surface area contributed by atoms with Gasteiger partial charge in [-0.05, 0) is 38.6 Å². The van der Waals surface area contributed by atoms with E-state index in [4.69, 9.17) is 0 Å². The van der Waals surface area contributed by atoms with Crippen LogP contribution in [0, 0.1) is 5.92 Å². The monoisotopic (exact) mass is 319 g/mol. The Morgan fingerprint density at radius 2 is 1.95 bits per heavy atom. The van der Waals surface area contributed by atoms with Crippen molar-refractivity contribution in [2.24, 2.45) is 5.92 Å². The third kappa shape index (κ3) is 5.20.